The molecule has 0 saturated carbocycles. The van der Waals surface area contributed by atoms with Gasteiger partial charge in [0.25, 0.3) is 0 Å². The highest BCUT2D eigenvalue weighted by atomic mass is 32.1. The topological polar surface area (TPSA) is 29.3 Å². The molecule has 0 fully saturated rings. The van der Waals surface area contributed by atoms with Gasteiger partial charge in [0.2, 0.25) is 0 Å². The van der Waals surface area contributed by atoms with Crippen molar-refractivity contribution < 1.29 is 0 Å². The van der Waals surface area contributed by atoms with Crippen LogP contribution in [0.15, 0.2) is 23.2 Å². The molecule has 3 aromatic heterocycles. The molecule has 24 heteroatoms. The van der Waals surface area contributed by atoms with E-state index in [1.165, 1.54) is 22.7 Å². The molecule has 0 saturated heterocycles. The normalized spacial score (nSPS) is 13.8. The van der Waals surface area contributed by atoms with Gasteiger partial charge in [-0.1, -0.05) is 60.1 Å². The first-order valence-corrected chi connectivity index (χ1v) is 20.7. The van der Waals surface area contributed by atoms with Gasteiger partial charge in [0.15, 0.2) is 0 Å². The molecule has 1 atom stereocenters. The molecule has 64 heavy (non-hydrogen) atoms. The van der Waals surface area contributed by atoms with E-state index in [9.17, 15) is 0 Å². The zero-order valence-corrected chi connectivity index (χ0v) is 35.2. The van der Waals surface area contributed by atoms with Crippen molar-refractivity contribution in [2.75, 3.05) is 5.32 Å². The van der Waals surface area contributed by atoms with Gasteiger partial charge in [-0.2, -0.15) is 0 Å². The summed E-state index contributed by atoms with van der Waals surface area (Å²) in [6.45, 7) is 0. The second kappa shape index (κ2) is 15.0. The van der Waals surface area contributed by atoms with Gasteiger partial charge in [0.05, 0.1) is 16.9 Å². The van der Waals surface area contributed by atoms with E-state index in [4.69, 9.17) is 154 Å². The quantitative estimate of drug-likeness (QED) is 0.177. The van der Waals surface area contributed by atoms with Crippen LogP contribution in [0.1, 0.15) is 16.5 Å². The van der Waals surface area contributed by atoms with Crippen LogP contribution in [0.25, 0.3) is 68.9 Å². The number of nitrogens with zero attached hydrogens (tertiary/aromatic N) is 2. The molecule has 4 heterocycles. The summed E-state index contributed by atoms with van der Waals surface area (Å²) in [5.74, 6) is 0. The molecule has 0 amide bonds. The molecule has 9 aromatic rings. The lowest BCUT2D eigenvalue weighted by atomic mass is 9.59. The van der Waals surface area contributed by atoms with Crippen LogP contribution in [0.4, 0.5) is 5.69 Å². The second-order valence-corrected chi connectivity index (χ2v) is 17.8. The first kappa shape index (κ1) is 43.9. The number of anilines is 1. The highest BCUT2D eigenvalue weighted by molar-refractivity contribution is 7.28. The standard InChI is InChI=1S/C40H6B19N3S2/c41-15-8(11-19(45)24(50)20(46)12-13-21(47)27(53)30(56)33(59)39(13)64-38(11)12)16(42)23(49)22(48)14(15)35-40-34(60-4-61-35)6-3-5(1-2-7(6)63-40)62-36-9(17(43)25(51)28(54)31(36)57)10-18(44)26(52)29(55)32(58)37(10)62/h1-4,35H,(H,60,61). The van der Waals surface area contributed by atoms with Gasteiger partial charge >= 0.3 is 0 Å². The second-order valence-electron chi connectivity index (χ2n) is 15.7. The van der Waals surface area contributed by atoms with E-state index in [-0.39, 0.29) is 109 Å². The van der Waals surface area contributed by atoms with Crippen LogP contribution in [0.5, 0.6) is 0 Å². The van der Waals surface area contributed by atoms with Crippen molar-refractivity contribution in [3.8, 4) is 16.8 Å². The van der Waals surface area contributed by atoms with Gasteiger partial charge < -0.3 is 9.88 Å². The lowest BCUT2D eigenvalue weighted by molar-refractivity contribution is 0.908. The molecular formula is C40H6B19N3S2. The molecule has 38 radical (unpaired) electrons. The van der Waals surface area contributed by atoms with Crippen LogP contribution in [-0.2, 0) is 0 Å². The van der Waals surface area contributed by atoms with Gasteiger partial charge in [-0.15, -0.1) is 66.4 Å². The Bertz CT molecular complexity index is 3640. The van der Waals surface area contributed by atoms with E-state index in [0.29, 0.717) is 64.5 Å². The Morgan fingerprint density at radius 3 is 1.48 bits per heavy atom. The van der Waals surface area contributed by atoms with E-state index in [0.717, 1.165) is 15.0 Å². The fourth-order valence-electron chi connectivity index (χ4n) is 9.06. The van der Waals surface area contributed by atoms with Crippen LogP contribution < -0.4 is 109 Å². The van der Waals surface area contributed by atoms with E-state index in [2.05, 4.69) is 5.32 Å². The van der Waals surface area contributed by atoms with Crippen molar-refractivity contribution in [2.24, 2.45) is 4.99 Å². The number of benzene rings is 6. The Morgan fingerprint density at radius 1 is 0.438 bits per heavy atom. The molecular weight excluding hydrogens is 792 g/mol. The maximum Gasteiger partial charge on any atom is 0.115 e. The highest BCUT2D eigenvalue weighted by Crippen LogP contribution is 2.45. The van der Waals surface area contributed by atoms with Crippen LogP contribution >= 0.6 is 22.7 Å². The Labute approximate surface area is 403 Å². The molecule has 1 aliphatic rings. The molecule has 0 bridgehead atoms. The average molecular weight is 798 g/mol. The van der Waals surface area contributed by atoms with Crippen molar-refractivity contribution in [3.05, 3.63) is 28.6 Å². The van der Waals surface area contributed by atoms with Gasteiger partial charge in [0, 0.05) is 36.2 Å². The minimum atomic E-state index is -0.806. The van der Waals surface area contributed by atoms with Crippen LogP contribution in [0.2, 0.25) is 0 Å². The van der Waals surface area contributed by atoms with Crippen molar-refractivity contribution >= 4 is 340 Å². The average Bonchev–Trinajstić information content (AvgIpc) is 3.98. The summed E-state index contributed by atoms with van der Waals surface area (Å²) in [5.41, 5.74) is 5.10. The third kappa shape index (κ3) is 5.63. The zero-order chi connectivity index (χ0) is 46.0. The summed E-state index contributed by atoms with van der Waals surface area (Å²) in [4.78, 5) is 5.59. The lowest BCUT2D eigenvalue weighted by Gasteiger charge is -2.29. The summed E-state index contributed by atoms with van der Waals surface area (Å²) in [7, 11) is 126. The molecule has 6 aromatic carbocycles. The lowest BCUT2D eigenvalue weighted by Crippen LogP contribution is -2.50. The maximum atomic E-state index is 7.21. The summed E-state index contributed by atoms with van der Waals surface area (Å²) < 4.78 is 3.65. The van der Waals surface area contributed by atoms with E-state index < -0.39 is 6.04 Å². The summed E-state index contributed by atoms with van der Waals surface area (Å²) >= 11 is 2.66. The van der Waals surface area contributed by atoms with Gasteiger partial charge in [-0.3, -0.25) is 4.99 Å². The van der Waals surface area contributed by atoms with E-state index in [1.807, 2.05) is 18.2 Å². The largest absolute Gasteiger partial charge is 0.345 e. The Morgan fingerprint density at radius 2 is 0.906 bits per heavy atom. The van der Waals surface area contributed by atoms with Gasteiger partial charge in [-0.05, 0) is 56.4 Å². The molecule has 1 N–H and O–H groups in total. The highest BCUT2D eigenvalue weighted by Gasteiger charge is 2.31. The van der Waals surface area contributed by atoms with Crippen LogP contribution in [0.3, 0.4) is 0 Å². The fraction of sp³-hybridized carbons (Fsp3) is 0.0250. The van der Waals surface area contributed by atoms with Gasteiger partial charge in [-0.25, -0.2) is 0 Å². The minimum Gasteiger partial charge on any atom is -0.345 e. The molecule has 3 nitrogen and oxygen atoms in total. The monoisotopic (exact) mass is 801 g/mol. The van der Waals surface area contributed by atoms with Crippen molar-refractivity contribution in [2.45, 2.75) is 6.04 Å². The van der Waals surface area contributed by atoms with Crippen LogP contribution in [-0.4, -0.2) is 160 Å². The maximum absolute atomic E-state index is 7.21. The smallest absolute Gasteiger partial charge is 0.115 e. The number of hydrogen-bond acceptors (Lipinski definition) is 4. The van der Waals surface area contributed by atoms with Crippen molar-refractivity contribution in [3.63, 3.8) is 0 Å². The fourth-order valence-corrected chi connectivity index (χ4v) is 11.6. The minimum absolute atomic E-state index is 0.0364. The zero-order valence-electron chi connectivity index (χ0n) is 33.6. The molecule has 250 valence electrons. The number of fused-ring (bicyclic) bond motifs is 9. The predicted octanol–water partition coefficient (Wildman–Crippen LogP) is -11.3. The number of aliphatic imine (C=N–C) groups is 1. The molecule has 0 spiro atoms. The number of nitrogens with one attached hydrogen (secondary N) is 1. The number of hydrogen-bond donors (Lipinski definition) is 1. The Balaban J connectivity index is 1.22. The molecule has 10 rings (SSSR count). The van der Waals surface area contributed by atoms with Crippen molar-refractivity contribution in [1.29, 1.82) is 0 Å². The van der Waals surface area contributed by atoms with E-state index >= 15 is 0 Å². The summed E-state index contributed by atoms with van der Waals surface area (Å²) in [5, 5.41) is 5.79. The number of thiophene rings is 2. The first-order valence-electron chi connectivity index (χ1n) is 19.1. The third-order valence-corrected chi connectivity index (χ3v) is 14.9. The SMILES string of the molecule is [B]c1c([B])c(-c2c([B])c([B])c([B])c3c2sc2c([B])c([B])c([B])c([B])c23)c([B])c(C2N=CNc3c2sc2ccc(-n4c5c([B])c([B])c([B])c([B])c5c5c([B])c([B])c([B])c([B])c54)cc32)c1[B]. The Kier molecular flexibility index (Phi) is 10.3. The van der Waals surface area contributed by atoms with Crippen molar-refractivity contribution in [1.82, 2.24) is 4.57 Å². The summed E-state index contributed by atoms with van der Waals surface area (Å²) in [6, 6.07) is 4.92. The predicted molar refractivity (Wildman–Crippen MR) is 297 cm³/mol. The summed E-state index contributed by atoms with van der Waals surface area (Å²) in [6.07, 6.45) is 1.54. The number of aromatic nitrogens is 1. The molecule has 1 unspecified atom stereocenters. The van der Waals surface area contributed by atoms with Gasteiger partial charge in [0.1, 0.15) is 155 Å². The van der Waals surface area contributed by atoms with E-state index in [1.54, 1.807) is 10.9 Å². The van der Waals surface area contributed by atoms with Crippen LogP contribution in [0, 0.1) is 0 Å². The number of rotatable bonds is 3. The Hall–Kier alpha value is -4.00. The molecule has 0 aliphatic carbocycles. The third-order valence-electron chi connectivity index (χ3n) is 12.5. The molecule has 1 aliphatic heterocycles. The first-order chi connectivity index (χ1) is 30.2.